The number of aliphatic hydroxyl groups is 1. The summed E-state index contributed by atoms with van der Waals surface area (Å²) in [5.41, 5.74) is 0.812. The number of amidine groups is 1. The maximum atomic E-state index is 11.6. The first-order chi connectivity index (χ1) is 12.1. The number of halogens is 2. The first-order valence-electron chi connectivity index (χ1n) is 8.66. The van der Waals surface area contributed by atoms with Gasteiger partial charge in [0.1, 0.15) is 0 Å². The van der Waals surface area contributed by atoms with Crippen molar-refractivity contribution in [1.29, 1.82) is 0 Å². The van der Waals surface area contributed by atoms with E-state index in [4.69, 9.17) is 16.3 Å². The molecule has 1 atom stereocenters. The fourth-order valence-corrected chi connectivity index (χ4v) is 4.06. The number of β-amino-alcohol motifs (C(OH)–C–C–N with tert-alkyl or cyclic N) is 1. The van der Waals surface area contributed by atoms with Crippen molar-refractivity contribution < 1.29 is 31.4 Å². The summed E-state index contributed by atoms with van der Waals surface area (Å²) in [5, 5.41) is 12.3. The van der Waals surface area contributed by atoms with Gasteiger partial charge in [-0.3, -0.25) is 0 Å². The number of para-hydroxylation sites is 2. The lowest BCUT2D eigenvalue weighted by atomic mass is 10.0. The van der Waals surface area contributed by atoms with Crippen LogP contribution in [0.1, 0.15) is 24.8 Å². The van der Waals surface area contributed by atoms with Crippen molar-refractivity contribution in [2.75, 3.05) is 25.1 Å². The molecule has 1 unspecified atom stereocenters. The molecule has 0 radical (unpaired) electrons. The number of hydrogen-bond donors (Lipinski definition) is 1. The van der Waals surface area contributed by atoms with Gasteiger partial charge in [-0.1, -0.05) is 35.9 Å². The van der Waals surface area contributed by atoms with Crippen LogP contribution in [0.4, 0.5) is 5.69 Å². The zero-order chi connectivity index (χ0) is 17.4. The van der Waals surface area contributed by atoms with Crippen LogP contribution in [0.2, 0.25) is 5.02 Å². The highest BCUT2D eigenvalue weighted by Gasteiger charge is 2.52. The molecule has 0 saturated heterocycles. The van der Waals surface area contributed by atoms with Crippen LogP contribution < -0.4 is 26.6 Å². The van der Waals surface area contributed by atoms with Crippen LogP contribution in [0.15, 0.2) is 48.5 Å². The summed E-state index contributed by atoms with van der Waals surface area (Å²) in [6, 6.07) is 15.5. The molecule has 2 aliphatic heterocycles. The van der Waals surface area contributed by atoms with E-state index in [0.29, 0.717) is 11.6 Å². The van der Waals surface area contributed by atoms with Crippen LogP contribution in [0.3, 0.4) is 0 Å². The molecule has 6 heteroatoms. The second kappa shape index (κ2) is 7.59. The Labute approximate surface area is 169 Å². The molecule has 0 fully saturated rings. The maximum Gasteiger partial charge on any atom is 0.271 e. The number of benzene rings is 2. The monoisotopic (exact) mass is 436 g/mol. The Kier molecular flexibility index (Phi) is 5.61. The lowest BCUT2D eigenvalue weighted by Gasteiger charge is -2.24. The normalized spacial score (nSPS) is 22.0. The average molecular weight is 438 g/mol. The van der Waals surface area contributed by atoms with E-state index in [1.165, 1.54) is 0 Å². The standard InChI is InChI=1S/C20H22ClN2O2.BrH/c1-25-18-7-3-2-6-17(18)22-14-20(24,15-9-11-16(21)12-10-15)23-13-5-4-8-19(22)23;/h2-3,6-7,9-12,24H,4-5,8,13-14H2,1H3;1H/q+1;/p-1. The first kappa shape index (κ1) is 19.2. The third-order valence-electron chi connectivity index (χ3n) is 5.16. The van der Waals surface area contributed by atoms with Gasteiger partial charge in [0.2, 0.25) is 0 Å². The molecular formula is C20H22BrClN2O2. The highest BCUT2D eigenvalue weighted by molar-refractivity contribution is 6.30. The summed E-state index contributed by atoms with van der Waals surface area (Å²) in [5.74, 6) is 1.98. The van der Waals surface area contributed by atoms with E-state index in [9.17, 15) is 5.11 Å². The molecule has 0 bridgehead atoms. The minimum absolute atomic E-state index is 0. The molecular weight excluding hydrogens is 416 g/mol. The van der Waals surface area contributed by atoms with E-state index >= 15 is 0 Å². The molecule has 2 aromatic rings. The molecule has 138 valence electrons. The van der Waals surface area contributed by atoms with Crippen molar-refractivity contribution in [1.82, 2.24) is 0 Å². The van der Waals surface area contributed by atoms with Gasteiger partial charge in [-0.25, -0.2) is 9.48 Å². The third kappa shape index (κ3) is 3.13. The van der Waals surface area contributed by atoms with E-state index in [2.05, 4.69) is 9.48 Å². The predicted molar refractivity (Wildman–Crippen MR) is 99.7 cm³/mol. The van der Waals surface area contributed by atoms with Crippen LogP contribution in [0, 0.1) is 0 Å². The van der Waals surface area contributed by atoms with Gasteiger partial charge in [0.15, 0.2) is 18.0 Å². The van der Waals surface area contributed by atoms with Crippen molar-refractivity contribution in [2.45, 2.75) is 25.0 Å². The summed E-state index contributed by atoms with van der Waals surface area (Å²) >= 11 is 6.04. The van der Waals surface area contributed by atoms with Crippen LogP contribution in [0.5, 0.6) is 5.75 Å². The van der Waals surface area contributed by atoms with E-state index in [-0.39, 0.29) is 17.0 Å². The number of ether oxygens (including phenoxy) is 1. The fourth-order valence-electron chi connectivity index (χ4n) is 3.93. The van der Waals surface area contributed by atoms with Gasteiger partial charge in [0.25, 0.3) is 11.6 Å². The van der Waals surface area contributed by atoms with E-state index in [0.717, 1.165) is 48.6 Å². The zero-order valence-electron chi connectivity index (χ0n) is 14.7. The summed E-state index contributed by atoms with van der Waals surface area (Å²) in [6.07, 6.45) is 3.17. The Morgan fingerprint density at radius 2 is 1.85 bits per heavy atom. The molecule has 0 spiro atoms. The molecule has 2 heterocycles. The molecule has 0 aliphatic carbocycles. The number of nitrogens with zero attached hydrogens (tertiary/aromatic N) is 2. The smallest absolute Gasteiger partial charge is 0.271 e. The minimum atomic E-state index is -1.05. The number of rotatable bonds is 3. The number of anilines is 1. The second-order valence-corrected chi connectivity index (χ2v) is 7.04. The van der Waals surface area contributed by atoms with Crippen LogP contribution in [-0.2, 0) is 5.72 Å². The van der Waals surface area contributed by atoms with Crippen molar-refractivity contribution in [2.24, 2.45) is 0 Å². The average Bonchev–Trinajstić information content (AvgIpc) is 2.96. The molecule has 2 aliphatic rings. The Morgan fingerprint density at radius 1 is 1.12 bits per heavy atom. The summed E-state index contributed by atoms with van der Waals surface area (Å²) in [6.45, 7) is 1.32. The van der Waals surface area contributed by atoms with Gasteiger partial charge in [-0.2, -0.15) is 0 Å². The Morgan fingerprint density at radius 3 is 2.58 bits per heavy atom. The zero-order valence-corrected chi connectivity index (χ0v) is 17.0. The van der Waals surface area contributed by atoms with E-state index in [1.807, 2.05) is 48.5 Å². The fraction of sp³-hybridized carbons (Fsp3) is 0.350. The van der Waals surface area contributed by atoms with Crippen LogP contribution >= 0.6 is 11.6 Å². The number of hydrogen-bond acceptors (Lipinski definition) is 3. The van der Waals surface area contributed by atoms with Gasteiger partial charge in [0.05, 0.1) is 13.7 Å². The van der Waals surface area contributed by atoms with Crippen molar-refractivity contribution >= 4 is 23.1 Å². The third-order valence-corrected chi connectivity index (χ3v) is 5.41. The second-order valence-electron chi connectivity index (χ2n) is 6.61. The molecule has 2 aromatic carbocycles. The molecule has 4 rings (SSSR count). The summed E-state index contributed by atoms with van der Waals surface area (Å²) in [4.78, 5) is 2.20. The topological polar surface area (TPSA) is 35.7 Å². The number of methoxy groups -OCH3 is 1. The van der Waals surface area contributed by atoms with Crippen LogP contribution in [-0.4, -0.2) is 35.7 Å². The predicted octanol–water partition coefficient (Wildman–Crippen LogP) is 0.613. The first-order valence-corrected chi connectivity index (χ1v) is 9.04. The van der Waals surface area contributed by atoms with Crippen molar-refractivity contribution in [3.63, 3.8) is 0 Å². The van der Waals surface area contributed by atoms with Gasteiger partial charge < -0.3 is 26.8 Å². The molecule has 26 heavy (non-hydrogen) atoms. The Balaban J connectivity index is 0.00000196. The molecule has 0 saturated carbocycles. The summed E-state index contributed by atoms with van der Waals surface area (Å²) in [7, 11) is 1.68. The Hall–Kier alpha value is -1.56. The van der Waals surface area contributed by atoms with E-state index in [1.54, 1.807) is 7.11 Å². The highest BCUT2D eigenvalue weighted by Crippen LogP contribution is 2.39. The van der Waals surface area contributed by atoms with Crippen LogP contribution in [0.25, 0.3) is 0 Å². The minimum Gasteiger partial charge on any atom is -1.00 e. The Bertz CT molecular complexity index is 825. The molecule has 0 amide bonds. The highest BCUT2D eigenvalue weighted by atomic mass is 79.9. The molecule has 1 N–H and O–H groups in total. The largest absolute Gasteiger partial charge is 1.00 e. The summed E-state index contributed by atoms with van der Waals surface area (Å²) < 4.78 is 7.70. The van der Waals surface area contributed by atoms with Crippen molar-refractivity contribution in [3.8, 4) is 5.75 Å². The van der Waals surface area contributed by atoms with Gasteiger partial charge in [-0.15, -0.1) is 0 Å². The molecule has 0 aromatic heterocycles. The lowest BCUT2D eigenvalue weighted by Crippen LogP contribution is -3.00. The maximum absolute atomic E-state index is 11.6. The van der Waals surface area contributed by atoms with Gasteiger partial charge in [-0.05, 0) is 37.1 Å². The van der Waals surface area contributed by atoms with Gasteiger partial charge >= 0.3 is 0 Å². The lowest BCUT2D eigenvalue weighted by molar-refractivity contribution is -0.661. The quantitative estimate of drug-likeness (QED) is 0.715. The van der Waals surface area contributed by atoms with E-state index < -0.39 is 5.72 Å². The molecule has 4 nitrogen and oxygen atoms in total. The van der Waals surface area contributed by atoms with Gasteiger partial charge in [0, 0.05) is 17.0 Å². The van der Waals surface area contributed by atoms with Crippen molar-refractivity contribution in [3.05, 3.63) is 59.1 Å². The SMILES string of the molecule is COc1ccccc1N1CC(O)(c2ccc(Cl)cc2)[N+]2=C1CCCC2.[Br-].